The molecule has 0 aromatic heterocycles. The highest BCUT2D eigenvalue weighted by molar-refractivity contribution is 7.97. The maximum absolute atomic E-state index is 12.2. The van der Waals surface area contributed by atoms with Crippen molar-refractivity contribution in [1.29, 1.82) is 0 Å². The molecule has 0 saturated carbocycles. The van der Waals surface area contributed by atoms with Crippen LogP contribution in [0.25, 0.3) is 0 Å². The summed E-state index contributed by atoms with van der Waals surface area (Å²) in [4.78, 5) is 0. The summed E-state index contributed by atoms with van der Waals surface area (Å²) in [6.45, 7) is 0. The first kappa shape index (κ1) is 13.8. The molecule has 0 amide bonds. The lowest BCUT2D eigenvalue weighted by molar-refractivity contribution is -0.434. The number of alkyl halides is 4. The van der Waals surface area contributed by atoms with Gasteiger partial charge in [0.2, 0.25) is 0 Å². The van der Waals surface area contributed by atoms with Crippen LogP contribution in [0, 0.1) is 0 Å². The van der Waals surface area contributed by atoms with Gasteiger partial charge in [-0.1, -0.05) is 8.92 Å². The summed E-state index contributed by atoms with van der Waals surface area (Å²) in [7, 11) is -6.81. The van der Waals surface area contributed by atoms with E-state index in [0.717, 1.165) is 0 Å². The molecule has 86 valence electrons. The summed E-state index contributed by atoms with van der Waals surface area (Å²) < 4.78 is 82.2. The lowest BCUT2D eigenvalue weighted by Gasteiger charge is -2.19. The molecule has 1 N–H and O–H groups in total. The summed E-state index contributed by atoms with van der Waals surface area (Å²) >= 11 is -1.56. The van der Waals surface area contributed by atoms with Crippen LogP contribution in [-0.4, -0.2) is 24.2 Å². The predicted octanol–water partition coefficient (Wildman–Crippen LogP) is 1.54. The van der Waals surface area contributed by atoms with Crippen LogP contribution in [0.4, 0.5) is 21.4 Å². The van der Waals surface area contributed by atoms with Crippen molar-refractivity contribution in [2.45, 2.75) is 10.5 Å². The summed E-state index contributed by atoms with van der Waals surface area (Å²) in [5, 5.41) is -1.60. The van der Waals surface area contributed by atoms with E-state index in [-0.39, 0.29) is 0 Å². The van der Waals surface area contributed by atoms with Crippen LogP contribution in [0.2, 0.25) is 0 Å². The van der Waals surface area contributed by atoms with Gasteiger partial charge >= 0.3 is 20.7 Å². The highest BCUT2D eigenvalue weighted by atomic mass is 32.3. The van der Waals surface area contributed by atoms with Crippen molar-refractivity contribution >= 4 is 22.3 Å². The molecule has 0 atom stereocenters. The number of halogens is 5. The Labute approximate surface area is 78.1 Å². The first-order valence-corrected chi connectivity index (χ1v) is 4.54. The summed E-state index contributed by atoms with van der Waals surface area (Å²) in [5.41, 5.74) is 0. The van der Waals surface area contributed by atoms with Crippen molar-refractivity contribution in [2.24, 2.45) is 0 Å². The Bertz CT molecular complexity index is 286. The SMILES string of the molecule is O=S(=O)(F)C(F)(F)C(F)(F)SOOO. The molecule has 0 aliphatic rings. The fourth-order valence-corrected chi connectivity index (χ4v) is 1.15. The standard InChI is InChI=1S/C2HF5O5S2/c3-1(4,13-12-11-8)2(5,6)14(7,9)10/h8H. The Kier molecular flexibility index (Phi) is 4.09. The van der Waals surface area contributed by atoms with Crippen molar-refractivity contribution in [3.8, 4) is 0 Å². The Morgan fingerprint density at radius 2 is 1.64 bits per heavy atom. The smallest absolute Gasteiger partial charge is 0.220 e. The minimum atomic E-state index is -6.81. The molecule has 0 unspecified atom stereocenters. The van der Waals surface area contributed by atoms with Crippen molar-refractivity contribution in [3.63, 3.8) is 0 Å². The Hall–Kier alpha value is -0.170. The zero-order chi connectivity index (χ0) is 11.6. The van der Waals surface area contributed by atoms with Gasteiger partial charge in [0.1, 0.15) is 12.0 Å². The predicted molar refractivity (Wildman–Crippen MR) is 32.3 cm³/mol. The molecule has 0 saturated heterocycles. The largest absolute Gasteiger partial charge is 0.448 e. The van der Waals surface area contributed by atoms with Crippen LogP contribution in [0.1, 0.15) is 0 Å². The third-order valence-corrected chi connectivity index (χ3v) is 2.41. The molecule has 0 bridgehead atoms. The van der Waals surface area contributed by atoms with E-state index in [1.165, 1.54) is 0 Å². The lowest BCUT2D eigenvalue weighted by atomic mass is 10.7. The summed E-state index contributed by atoms with van der Waals surface area (Å²) in [6, 6.07) is 0. The summed E-state index contributed by atoms with van der Waals surface area (Å²) in [5.74, 6) is 0. The third kappa shape index (κ3) is 2.66. The van der Waals surface area contributed by atoms with E-state index < -0.39 is 32.8 Å². The zero-order valence-electron chi connectivity index (χ0n) is 5.79. The lowest BCUT2D eigenvalue weighted by Crippen LogP contribution is -2.42. The van der Waals surface area contributed by atoms with Crippen LogP contribution in [-0.2, 0) is 19.6 Å². The first-order chi connectivity index (χ1) is 6.06. The average Bonchev–Trinajstić information content (AvgIpc) is 1.98. The molecule has 0 aliphatic heterocycles. The van der Waals surface area contributed by atoms with E-state index in [0.29, 0.717) is 0 Å². The Morgan fingerprint density at radius 1 is 1.21 bits per heavy atom. The molecule has 0 rings (SSSR count). The van der Waals surface area contributed by atoms with E-state index >= 15 is 0 Å². The van der Waals surface area contributed by atoms with Crippen LogP contribution in [0.3, 0.4) is 0 Å². The first-order valence-electron chi connectivity index (χ1n) is 2.42. The molecule has 14 heavy (non-hydrogen) atoms. The second-order valence-corrected chi connectivity index (χ2v) is 3.90. The van der Waals surface area contributed by atoms with Crippen LogP contribution in [0.15, 0.2) is 0 Å². The molecule has 0 aromatic rings. The van der Waals surface area contributed by atoms with E-state index in [2.05, 4.69) is 9.37 Å². The van der Waals surface area contributed by atoms with Gasteiger partial charge in [0, 0.05) is 0 Å². The normalized spacial score (nSPS) is 14.4. The topological polar surface area (TPSA) is 72.8 Å². The fraction of sp³-hybridized carbons (Fsp3) is 1.00. The van der Waals surface area contributed by atoms with E-state index in [1.54, 1.807) is 0 Å². The van der Waals surface area contributed by atoms with Gasteiger partial charge in [0.25, 0.3) is 0 Å². The quantitative estimate of drug-likeness (QED) is 0.267. The van der Waals surface area contributed by atoms with Crippen molar-refractivity contribution in [1.82, 2.24) is 0 Å². The maximum atomic E-state index is 12.2. The van der Waals surface area contributed by atoms with Gasteiger partial charge in [-0.05, 0) is 0 Å². The van der Waals surface area contributed by atoms with Crippen LogP contribution < -0.4 is 0 Å². The average molecular weight is 264 g/mol. The number of hydrogen-bond acceptors (Lipinski definition) is 6. The molecule has 12 heteroatoms. The highest BCUT2D eigenvalue weighted by Crippen LogP contribution is 2.47. The molecule has 0 aromatic carbocycles. The summed E-state index contributed by atoms with van der Waals surface area (Å²) in [6.07, 6.45) is 0. The molecule has 0 spiro atoms. The maximum Gasteiger partial charge on any atom is 0.448 e. The highest BCUT2D eigenvalue weighted by Gasteiger charge is 2.68. The molecule has 5 nitrogen and oxygen atoms in total. The number of rotatable bonds is 5. The molecule has 0 radical (unpaired) electrons. The van der Waals surface area contributed by atoms with Crippen molar-refractivity contribution in [2.75, 3.05) is 0 Å². The van der Waals surface area contributed by atoms with Gasteiger partial charge in [-0.15, -0.1) is 4.33 Å². The van der Waals surface area contributed by atoms with Crippen molar-refractivity contribution < 1.29 is 44.5 Å². The third-order valence-electron chi connectivity index (χ3n) is 0.814. The number of hydrogen-bond donors (Lipinski definition) is 1. The fourth-order valence-electron chi connectivity index (χ4n) is 0.248. The Morgan fingerprint density at radius 3 is 1.93 bits per heavy atom. The van der Waals surface area contributed by atoms with E-state index in [9.17, 15) is 29.9 Å². The van der Waals surface area contributed by atoms with E-state index in [1.807, 2.05) is 0 Å². The minimum Gasteiger partial charge on any atom is -0.220 e. The molecule has 0 aliphatic carbocycles. The van der Waals surface area contributed by atoms with Crippen LogP contribution in [0.5, 0.6) is 0 Å². The van der Waals surface area contributed by atoms with Gasteiger partial charge < -0.3 is 0 Å². The van der Waals surface area contributed by atoms with Crippen LogP contribution >= 0.6 is 12.0 Å². The molecule has 0 fully saturated rings. The van der Waals surface area contributed by atoms with Gasteiger partial charge in [-0.2, -0.15) is 26.0 Å². The molecule has 0 heterocycles. The monoisotopic (exact) mass is 264 g/mol. The van der Waals surface area contributed by atoms with Crippen molar-refractivity contribution in [3.05, 3.63) is 0 Å². The zero-order valence-corrected chi connectivity index (χ0v) is 7.42. The van der Waals surface area contributed by atoms with Gasteiger partial charge in [-0.3, -0.25) is 0 Å². The Balaban J connectivity index is 4.88. The minimum absolute atomic E-state index is 1.56. The van der Waals surface area contributed by atoms with E-state index in [4.69, 9.17) is 5.26 Å². The van der Waals surface area contributed by atoms with Gasteiger partial charge in [0.05, 0.1) is 0 Å². The molecular weight excluding hydrogens is 263 g/mol. The molecular formula is C2HF5O5S2. The second kappa shape index (κ2) is 4.14. The second-order valence-electron chi connectivity index (χ2n) is 1.70. The van der Waals surface area contributed by atoms with Gasteiger partial charge in [0.15, 0.2) is 0 Å². The van der Waals surface area contributed by atoms with Gasteiger partial charge in [-0.25, -0.2) is 5.26 Å².